The first-order chi connectivity index (χ1) is 17.0. The molecule has 0 saturated carbocycles. The van der Waals surface area contributed by atoms with E-state index in [1.807, 2.05) is 0 Å². The second-order valence-electron chi connectivity index (χ2n) is 7.50. The molecule has 0 spiro atoms. The lowest BCUT2D eigenvalue weighted by Crippen LogP contribution is -2.46. The molecule has 3 unspecified atom stereocenters. The molecule has 0 amide bonds. The summed E-state index contributed by atoms with van der Waals surface area (Å²) in [5.74, 6) is -1.65. The highest BCUT2D eigenvalue weighted by Crippen LogP contribution is 2.53. The maximum absolute atomic E-state index is 13.7. The number of rotatable bonds is 17. The molecule has 0 aromatic rings. The van der Waals surface area contributed by atoms with Crippen LogP contribution in [0.3, 0.4) is 0 Å². The summed E-state index contributed by atoms with van der Waals surface area (Å²) in [5.41, 5.74) is 5.96. The lowest BCUT2D eigenvalue weighted by atomic mass is 10.1. The van der Waals surface area contributed by atoms with Gasteiger partial charge in [0.15, 0.2) is 0 Å². The fourth-order valence-corrected chi connectivity index (χ4v) is 4.01. The van der Waals surface area contributed by atoms with E-state index in [4.69, 9.17) is 33.7 Å². The van der Waals surface area contributed by atoms with Gasteiger partial charge in [-0.2, -0.15) is 0 Å². The fraction of sp³-hybridized carbons (Fsp3) is 0.810. The number of hydrogen-bond acceptors (Lipinski definition) is 10. The predicted molar refractivity (Wildman–Crippen MR) is 129 cm³/mol. The number of likely N-dealkylation sites (N-methyl/N-ethyl adjacent to an activating group) is 1. The molecular weight excluding hydrogens is 501 g/mol. The van der Waals surface area contributed by atoms with Gasteiger partial charge in [0.05, 0.1) is 13.2 Å². The number of carbonyl (C=O) groups is 3. The van der Waals surface area contributed by atoms with E-state index in [9.17, 15) is 24.1 Å². The van der Waals surface area contributed by atoms with Crippen molar-refractivity contribution in [1.82, 2.24) is 4.90 Å². The highest BCUT2D eigenvalue weighted by molar-refractivity contribution is 7.52. The number of nitrogens with two attached hydrogens (primary N) is 1. The van der Waals surface area contributed by atoms with Crippen LogP contribution in [-0.4, -0.2) is 73.1 Å². The highest BCUT2D eigenvalue weighted by Gasteiger charge is 2.37. The Labute approximate surface area is 212 Å². The summed E-state index contributed by atoms with van der Waals surface area (Å²) in [5, 5.41) is 9.50. The maximum atomic E-state index is 13.7. The van der Waals surface area contributed by atoms with Crippen molar-refractivity contribution >= 4 is 32.0 Å². The third-order valence-corrected chi connectivity index (χ3v) is 5.83. The molecule has 0 rings (SSSR count). The van der Waals surface area contributed by atoms with E-state index in [1.165, 1.54) is 7.05 Å². The van der Waals surface area contributed by atoms with Gasteiger partial charge in [-0.1, -0.05) is 41.0 Å². The van der Waals surface area contributed by atoms with Gasteiger partial charge in [-0.3, -0.25) is 0 Å². The lowest BCUT2D eigenvalue weighted by molar-refractivity contribution is -0.141. The van der Waals surface area contributed by atoms with Crippen LogP contribution in [0.15, 0.2) is 4.76 Å². The molecule has 0 aromatic heterocycles. The fourth-order valence-electron chi connectivity index (χ4n) is 2.49. The van der Waals surface area contributed by atoms with E-state index in [0.29, 0.717) is 19.3 Å². The molecule has 0 aliphatic heterocycles. The van der Waals surface area contributed by atoms with Crippen molar-refractivity contribution in [1.29, 1.82) is 0 Å². The standard InChI is InChI=1S/C21H40N3O11P/c1-7-12-15(18(25)26)24(6)19(22)23-36(29,34-16(10-4)32-20(27)30-13-8-2)35-17(11-5)33-21(28)31-14-9-3/h15-17H,7-14H2,1-6H3,(H,25,26)(H2,22,23,29). The summed E-state index contributed by atoms with van der Waals surface area (Å²) in [6.07, 6.45) is -3.11. The van der Waals surface area contributed by atoms with E-state index in [0.717, 1.165) is 4.90 Å². The Kier molecular flexibility index (Phi) is 16.5. The van der Waals surface area contributed by atoms with Crippen LogP contribution in [0.4, 0.5) is 9.59 Å². The molecule has 0 aliphatic carbocycles. The van der Waals surface area contributed by atoms with Crippen LogP contribution in [0.25, 0.3) is 0 Å². The molecule has 0 aromatic carbocycles. The van der Waals surface area contributed by atoms with Crippen LogP contribution in [0, 0.1) is 0 Å². The number of ether oxygens (including phenoxy) is 4. The highest BCUT2D eigenvalue weighted by atomic mass is 31.2. The maximum Gasteiger partial charge on any atom is 0.510 e. The predicted octanol–water partition coefficient (Wildman–Crippen LogP) is 4.23. The number of guanidine groups is 1. The minimum absolute atomic E-state index is 0.0175. The first-order valence-electron chi connectivity index (χ1n) is 11.9. The molecule has 0 radical (unpaired) electrons. The molecule has 0 fully saturated rings. The molecule has 3 N–H and O–H groups in total. The molecule has 3 atom stereocenters. The Morgan fingerprint density at radius 2 is 1.33 bits per heavy atom. The molecule has 0 bridgehead atoms. The van der Waals surface area contributed by atoms with Gasteiger partial charge in [0.25, 0.3) is 0 Å². The van der Waals surface area contributed by atoms with Gasteiger partial charge < -0.3 is 34.7 Å². The molecule has 210 valence electrons. The summed E-state index contributed by atoms with van der Waals surface area (Å²) in [6.45, 7) is 8.69. The van der Waals surface area contributed by atoms with Crippen molar-refractivity contribution in [2.75, 3.05) is 20.3 Å². The van der Waals surface area contributed by atoms with E-state index < -0.39 is 50.6 Å². The van der Waals surface area contributed by atoms with E-state index in [-0.39, 0.29) is 32.5 Å². The van der Waals surface area contributed by atoms with Crippen LogP contribution in [0.1, 0.15) is 73.1 Å². The summed E-state index contributed by atoms with van der Waals surface area (Å²) in [6, 6.07) is -1.07. The molecule has 0 saturated heterocycles. The van der Waals surface area contributed by atoms with Crippen LogP contribution in [-0.2, 0) is 37.4 Å². The number of carboxylic acid groups (broad SMARTS) is 1. The van der Waals surface area contributed by atoms with Crippen molar-refractivity contribution in [2.45, 2.75) is 91.8 Å². The second-order valence-corrected chi connectivity index (χ2v) is 9.06. The Bertz CT molecular complexity index is 729. The monoisotopic (exact) mass is 541 g/mol. The Hall–Kier alpha value is -2.57. The van der Waals surface area contributed by atoms with Gasteiger partial charge in [0, 0.05) is 19.9 Å². The van der Waals surface area contributed by atoms with Crippen molar-refractivity contribution in [2.24, 2.45) is 10.5 Å². The van der Waals surface area contributed by atoms with Gasteiger partial charge in [-0.05, 0) is 19.3 Å². The smallest absolute Gasteiger partial charge is 0.480 e. The Morgan fingerprint density at radius 1 is 0.889 bits per heavy atom. The topological polar surface area (TPSA) is 186 Å². The van der Waals surface area contributed by atoms with Crippen LogP contribution >= 0.6 is 7.75 Å². The van der Waals surface area contributed by atoms with Gasteiger partial charge in [0.1, 0.15) is 6.04 Å². The molecule has 36 heavy (non-hydrogen) atoms. The van der Waals surface area contributed by atoms with Crippen molar-refractivity contribution in [3.63, 3.8) is 0 Å². The number of carbonyl (C=O) groups excluding carboxylic acids is 2. The summed E-state index contributed by atoms with van der Waals surface area (Å²) in [4.78, 5) is 36.5. The third-order valence-electron chi connectivity index (χ3n) is 4.37. The normalized spacial score (nSPS) is 15.7. The first kappa shape index (κ1) is 33.4. The van der Waals surface area contributed by atoms with Gasteiger partial charge in [-0.15, -0.1) is 4.76 Å². The van der Waals surface area contributed by atoms with Crippen LogP contribution in [0.5, 0.6) is 0 Å². The van der Waals surface area contributed by atoms with Gasteiger partial charge >= 0.3 is 26.0 Å². The largest absolute Gasteiger partial charge is 0.510 e. The second kappa shape index (κ2) is 17.8. The number of aliphatic carboxylic acids is 1. The Morgan fingerprint density at radius 3 is 1.67 bits per heavy atom. The number of hydrogen-bond donors (Lipinski definition) is 2. The summed E-state index contributed by atoms with van der Waals surface area (Å²) >= 11 is 0. The van der Waals surface area contributed by atoms with E-state index in [1.54, 1.807) is 34.6 Å². The zero-order valence-corrected chi connectivity index (χ0v) is 22.7. The molecule has 0 heterocycles. The quantitative estimate of drug-likeness (QED) is 0.0877. The minimum Gasteiger partial charge on any atom is -0.480 e. The van der Waals surface area contributed by atoms with Gasteiger partial charge in [-0.25, -0.2) is 28.0 Å². The Balaban J connectivity index is 6.00. The zero-order valence-electron chi connectivity index (χ0n) is 21.8. The van der Waals surface area contributed by atoms with Crippen LogP contribution < -0.4 is 5.73 Å². The lowest BCUT2D eigenvalue weighted by Gasteiger charge is -2.28. The zero-order chi connectivity index (χ0) is 27.7. The van der Waals surface area contributed by atoms with Crippen molar-refractivity contribution < 1.29 is 52.1 Å². The summed E-state index contributed by atoms with van der Waals surface area (Å²) < 4.78 is 48.0. The van der Waals surface area contributed by atoms with Crippen molar-refractivity contribution in [3.05, 3.63) is 0 Å². The minimum atomic E-state index is -4.66. The van der Waals surface area contributed by atoms with Gasteiger partial charge in [0.2, 0.25) is 18.5 Å². The molecule has 15 heteroatoms. The summed E-state index contributed by atoms with van der Waals surface area (Å²) in [7, 11) is -3.31. The SMILES string of the molecule is CCCOC(=O)OC(CC)OP(=O)(N=C(N)N(C)C(CCC)C(=O)O)OC(CC)OC(=O)OCCC. The average Bonchev–Trinajstić information content (AvgIpc) is 2.82. The number of nitrogens with zero attached hydrogens (tertiary/aromatic N) is 2. The number of carboxylic acids is 1. The van der Waals surface area contributed by atoms with E-state index >= 15 is 0 Å². The first-order valence-corrected chi connectivity index (χ1v) is 13.4. The van der Waals surface area contributed by atoms with Crippen LogP contribution in [0.2, 0.25) is 0 Å². The molecule has 0 aliphatic rings. The average molecular weight is 542 g/mol. The van der Waals surface area contributed by atoms with Crippen molar-refractivity contribution in [3.8, 4) is 0 Å². The van der Waals surface area contributed by atoms with E-state index in [2.05, 4.69) is 4.76 Å². The molecular formula is C21H40N3O11P. The third kappa shape index (κ3) is 12.9. The molecule has 14 nitrogen and oxygen atoms in total.